The molecule has 41 heavy (non-hydrogen) atoms. The number of pyridine rings is 1. The van der Waals surface area contributed by atoms with E-state index in [-0.39, 0.29) is 35.4 Å². The van der Waals surface area contributed by atoms with Crippen LogP contribution in [0.5, 0.6) is 23.1 Å². The highest BCUT2D eigenvalue weighted by Gasteiger charge is 2.29. The van der Waals surface area contributed by atoms with Crippen molar-refractivity contribution in [3.05, 3.63) is 65.0 Å². The summed E-state index contributed by atoms with van der Waals surface area (Å²) in [7, 11) is 3.04. The molecule has 0 aliphatic heterocycles. The van der Waals surface area contributed by atoms with Crippen molar-refractivity contribution in [2.45, 2.75) is 39.2 Å². The maximum absolute atomic E-state index is 12.6. The fourth-order valence-electron chi connectivity index (χ4n) is 4.63. The predicted molar refractivity (Wildman–Crippen MR) is 155 cm³/mol. The van der Waals surface area contributed by atoms with Gasteiger partial charge in [0.15, 0.2) is 0 Å². The van der Waals surface area contributed by atoms with Crippen LogP contribution < -0.4 is 14.8 Å². The van der Waals surface area contributed by atoms with Crippen molar-refractivity contribution in [3.63, 3.8) is 0 Å². The van der Waals surface area contributed by atoms with Crippen molar-refractivity contribution in [2.24, 2.45) is 0 Å². The first-order chi connectivity index (χ1) is 19.9. The first-order valence-electron chi connectivity index (χ1n) is 13.2. The largest absolute Gasteiger partial charge is 0.506 e. The third-order valence-corrected chi connectivity index (χ3v) is 7.72. The van der Waals surface area contributed by atoms with Crippen LogP contribution in [-0.4, -0.2) is 45.5 Å². The van der Waals surface area contributed by atoms with Crippen molar-refractivity contribution >= 4 is 27.3 Å². The first-order valence-corrected chi connectivity index (χ1v) is 14.0. The molecule has 3 heterocycles. The molecular weight excluding hydrogens is 544 g/mol. The molecule has 5 aromatic rings. The second-order valence-electron chi connectivity index (χ2n) is 9.33. The lowest BCUT2D eigenvalue weighted by Gasteiger charge is -2.18. The van der Waals surface area contributed by atoms with E-state index < -0.39 is 5.88 Å². The number of carbonyl (C=O) groups excluding carboxylic acids is 1. The molecule has 3 aromatic heterocycles. The number of benzene rings is 2. The van der Waals surface area contributed by atoms with Crippen LogP contribution in [-0.2, 0) is 24.2 Å². The predicted octanol–water partition coefficient (Wildman–Crippen LogP) is 5.64. The Morgan fingerprint density at radius 1 is 1.00 bits per heavy atom. The van der Waals surface area contributed by atoms with Crippen LogP contribution >= 0.6 is 11.3 Å². The van der Waals surface area contributed by atoms with E-state index in [1.54, 1.807) is 29.5 Å². The summed E-state index contributed by atoms with van der Waals surface area (Å²) in [4.78, 5) is 18.1. The summed E-state index contributed by atoms with van der Waals surface area (Å²) >= 11 is 1.61. The molecule has 0 aliphatic carbocycles. The van der Waals surface area contributed by atoms with Crippen LogP contribution in [0.1, 0.15) is 36.2 Å². The number of rotatable bonds is 11. The van der Waals surface area contributed by atoms with Gasteiger partial charge in [-0.3, -0.25) is 4.79 Å². The molecule has 10 nitrogen and oxygen atoms in total. The summed E-state index contributed by atoms with van der Waals surface area (Å²) in [5.74, 6) is -0.309. The van der Waals surface area contributed by atoms with Crippen LogP contribution in [0, 0.1) is 0 Å². The Labute approximate surface area is 240 Å². The summed E-state index contributed by atoms with van der Waals surface area (Å²) < 4.78 is 18.0. The van der Waals surface area contributed by atoms with Gasteiger partial charge >= 0.3 is 0 Å². The Balaban J connectivity index is 1.43. The Morgan fingerprint density at radius 3 is 2.46 bits per heavy atom. The Hall–Kier alpha value is -4.64. The summed E-state index contributed by atoms with van der Waals surface area (Å²) in [6.45, 7) is 2.41. The van der Waals surface area contributed by atoms with Crippen LogP contribution in [0.4, 0.5) is 0 Å². The van der Waals surface area contributed by atoms with Gasteiger partial charge in [0.1, 0.15) is 29.2 Å². The molecule has 0 spiro atoms. The highest BCUT2D eigenvalue weighted by Crippen LogP contribution is 2.49. The summed E-state index contributed by atoms with van der Waals surface area (Å²) in [5, 5.41) is 34.4. The van der Waals surface area contributed by atoms with E-state index in [0.29, 0.717) is 41.3 Å². The van der Waals surface area contributed by atoms with Crippen molar-refractivity contribution in [3.8, 4) is 45.7 Å². The molecule has 2 aromatic carbocycles. The number of thiophene rings is 1. The number of unbranched alkanes of at least 4 members (excludes halogenated alkanes) is 1. The maximum Gasteiger partial charge on any atom is 0.257 e. The monoisotopic (exact) mass is 574 g/mol. The average Bonchev–Trinajstić information content (AvgIpc) is 3.61. The molecule has 3 N–H and O–H groups in total. The number of nitrogens with zero attached hydrogens (tertiary/aromatic N) is 3. The zero-order valence-electron chi connectivity index (χ0n) is 22.9. The summed E-state index contributed by atoms with van der Waals surface area (Å²) in [6, 6.07) is 15.3. The molecule has 212 valence electrons. The third kappa shape index (κ3) is 5.80. The topological polar surface area (TPSA) is 140 Å². The minimum absolute atomic E-state index is 0.0270. The van der Waals surface area contributed by atoms with E-state index in [1.165, 1.54) is 14.2 Å². The molecule has 0 aliphatic rings. The van der Waals surface area contributed by atoms with Crippen LogP contribution in [0.3, 0.4) is 0 Å². The van der Waals surface area contributed by atoms with Crippen LogP contribution in [0.15, 0.2) is 52.9 Å². The fraction of sp³-hybridized carbons (Fsp3) is 0.267. The lowest BCUT2D eigenvalue weighted by atomic mass is 9.95. The number of carbonyl (C=O) groups is 1. The van der Waals surface area contributed by atoms with Gasteiger partial charge in [-0.2, -0.15) is 0 Å². The number of aromatic nitrogens is 3. The Morgan fingerprint density at radius 2 is 1.76 bits per heavy atom. The van der Waals surface area contributed by atoms with Crippen molar-refractivity contribution in [1.82, 2.24) is 20.5 Å². The van der Waals surface area contributed by atoms with Gasteiger partial charge in [-0.15, -0.1) is 21.5 Å². The number of ether oxygens (including phenoxy) is 2. The van der Waals surface area contributed by atoms with Gasteiger partial charge in [0, 0.05) is 9.58 Å². The lowest BCUT2D eigenvalue weighted by molar-refractivity contribution is -0.120. The number of nitrogens with one attached hydrogen (secondary N) is 1. The Bertz CT molecular complexity index is 1640. The van der Waals surface area contributed by atoms with Gasteiger partial charge in [-0.1, -0.05) is 37.6 Å². The third-order valence-electron chi connectivity index (χ3n) is 6.60. The number of amides is 1. The quantitative estimate of drug-likeness (QED) is 0.183. The zero-order valence-corrected chi connectivity index (χ0v) is 23.7. The van der Waals surface area contributed by atoms with E-state index in [4.69, 9.17) is 13.9 Å². The van der Waals surface area contributed by atoms with E-state index in [1.807, 2.05) is 37.3 Å². The number of aryl methyl sites for hydroxylation is 1. The van der Waals surface area contributed by atoms with Gasteiger partial charge in [-0.05, 0) is 42.5 Å². The second kappa shape index (κ2) is 12.3. The average molecular weight is 575 g/mol. The van der Waals surface area contributed by atoms with Crippen LogP contribution in [0.25, 0.3) is 32.7 Å². The molecule has 0 bridgehead atoms. The number of fused-ring (bicyclic) bond motifs is 1. The maximum atomic E-state index is 12.6. The smallest absolute Gasteiger partial charge is 0.257 e. The molecular formula is C30H30N4O6S. The van der Waals surface area contributed by atoms with Gasteiger partial charge < -0.3 is 29.4 Å². The standard InChI is InChI=1S/C30H30N4O6S/c1-4-5-10-19-25(26-20(38-2)11-8-12-21(26)39-3)28(36)27(29(37)32-19)30-34-33-24(40-30)15-23(35)31-16-18-14-17-9-6-7-13-22(17)41-18/h6-9,11-14H,4-5,10,15-16H2,1-3H3,(H,31,35)(H2,32,36,37). The molecule has 11 heteroatoms. The lowest BCUT2D eigenvalue weighted by Crippen LogP contribution is -2.24. The van der Waals surface area contributed by atoms with E-state index in [9.17, 15) is 15.0 Å². The van der Waals surface area contributed by atoms with Crippen molar-refractivity contribution in [2.75, 3.05) is 14.2 Å². The van der Waals surface area contributed by atoms with Crippen molar-refractivity contribution < 1.29 is 28.9 Å². The number of methoxy groups -OCH3 is 2. The number of aromatic hydroxyl groups is 2. The molecule has 5 rings (SSSR count). The number of hydrogen-bond acceptors (Lipinski definition) is 10. The number of hydrogen-bond donors (Lipinski definition) is 3. The molecule has 0 unspecified atom stereocenters. The first kappa shape index (κ1) is 27.9. The van der Waals surface area contributed by atoms with E-state index >= 15 is 0 Å². The molecule has 0 atom stereocenters. The minimum atomic E-state index is -0.462. The molecule has 0 radical (unpaired) electrons. The Kier molecular flexibility index (Phi) is 8.34. The highest BCUT2D eigenvalue weighted by molar-refractivity contribution is 7.19. The molecule has 0 saturated carbocycles. The molecule has 1 amide bonds. The fourth-order valence-corrected chi connectivity index (χ4v) is 5.63. The van der Waals surface area contributed by atoms with Gasteiger partial charge in [0.2, 0.25) is 17.7 Å². The van der Waals surface area contributed by atoms with E-state index in [2.05, 4.69) is 20.5 Å². The van der Waals surface area contributed by atoms with Crippen molar-refractivity contribution in [1.29, 1.82) is 0 Å². The van der Waals surface area contributed by atoms with Gasteiger partial charge in [0.05, 0.1) is 37.6 Å². The summed E-state index contributed by atoms with van der Waals surface area (Å²) in [6.07, 6.45) is 1.97. The highest BCUT2D eigenvalue weighted by atomic mass is 32.1. The van der Waals surface area contributed by atoms with Gasteiger partial charge in [-0.25, -0.2) is 4.98 Å². The molecule has 0 saturated heterocycles. The van der Waals surface area contributed by atoms with Crippen LogP contribution in [0.2, 0.25) is 0 Å². The van der Waals surface area contributed by atoms with E-state index in [0.717, 1.165) is 27.8 Å². The molecule has 0 fully saturated rings. The summed E-state index contributed by atoms with van der Waals surface area (Å²) in [5.41, 5.74) is 1.14. The van der Waals surface area contributed by atoms with Gasteiger partial charge in [0.25, 0.3) is 5.89 Å². The second-order valence-corrected chi connectivity index (χ2v) is 10.5. The zero-order chi connectivity index (χ0) is 28.9. The normalized spacial score (nSPS) is 11.1. The SMILES string of the molecule is CCCCc1nc(O)c(-c2nnc(CC(=O)NCc3cc4ccccc4s3)o2)c(O)c1-c1c(OC)cccc1OC. The minimum Gasteiger partial charge on any atom is -0.506 e.